The Kier molecular flexibility index (Phi) is 1.88. The Morgan fingerprint density at radius 1 is 1.27 bits per heavy atom. The van der Waals surface area contributed by atoms with Crippen LogP contribution in [0.25, 0.3) is 0 Å². The molecule has 0 aromatic rings. The fourth-order valence-corrected chi connectivity index (χ4v) is 2.67. The van der Waals surface area contributed by atoms with Gasteiger partial charge in [-0.05, 0) is 25.8 Å². The second-order valence-corrected chi connectivity index (χ2v) is 4.73. The maximum atomic E-state index is 6.05. The Balaban J connectivity index is 2.00. The summed E-state index contributed by atoms with van der Waals surface area (Å²) in [5, 5.41) is 0. The highest BCUT2D eigenvalue weighted by atomic mass is 16.5. The minimum atomic E-state index is 0.280. The molecule has 2 aliphatic carbocycles. The summed E-state index contributed by atoms with van der Waals surface area (Å²) in [6.45, 7) is 4.38. The summed E-state index contributed by atoms with van der Waals surface area (Å²) in [5.41, 5.74) is 4.26. The molecule has 0 radical (unpaired) electrons. The summed E-state index contributed by atoms with van der Waals surface area (Å²) >= 11 is 0. The summed E-state index contributed by atoms with van der Waals surface area (Å²) in [6, 6.07) is 0. The lowest BCUT2D eigenvalue weighted by Gasteiger charge is -2.21. The zero-order chi connectivity index (χ0) is 10.4. The SMILES string of the molecule is CC1=CC2=C(CC1)OC1C(C)=CC=CC21. The molecule has 2 unspecified atom stereocenters. The molecule has 3 aliphatic rings. The van der Waals surface area contributed by atoms with E-state index in [2.05, 4.69) is 38.2 Å². The van der Waals surface area contributed by atoms with Crippen molar-refractivity contribution in [2.24, 2.45) is 5.92 Å². The fourth-order valence-electron chi connectivity index (χ4n) is 2.67. The molecule has 0 saturated heterocycles. The first-order valence-corrected chi connectivity index (χ1v) is 5.67. The molecule has 15 heavy (non-hydrogen) atoms. The van der Waals surface area contributed by atoms with Crippen LogP contribution in [0.2, 0.25) is 0 Å². The summed E-state index contributed by atoms with van der Waals surface area (Å²) < 4.78 is 6.05. The van der Waals surface area contributed by atoms with Crippen molar-refractivity contribution in [3.05, 3.63) is 46.8 Å². The van der Waals surface area contributed by atoms with Gasteiger partial charge in [-0.25, -0.2) is 0 Å². The number of fused-ring (bicyclic) bond motifs is 2. The highest BCUT2D eigenvalue weighted by Crippen LogP contribution is 2.43. The van der Waals surface area contributed by atoms with Gasteiger partial charge in [-0.15, -0.1) is 0 Å². The second-order valence-electron chi connectivity index (χ2n) is 4.73. The van der Waals surface area contributed by atoms with E-state index in [4.69, 9.17) is 4.74 Å². The molecule has 0 spiro atoms. The van der Waals surface area contributed by atoms with Crippen LogP contribution < -0.4 is 0 Å². The van der Waals surface area contributed by atoms with Crippen molar-refractivity contribution < 1.29 is 4.74 Å². The molecule has 3 rings (SSSR count). The minimum Gasteiger partial charge on any atom is -0.489 e. The third kappa shape index (κ3) is 1.30. The standard InChI is InChI=1S/C14H16O/c1-9-6-7-13-12(8-9)11-5-3-4-10(2)14(11)15-13/h3-5,8,11,14H,6-7H2,1-2H3. The highest BCUT2D eigenvalue weighted by molar-refractivity contribution is 5.43. The van der Waals surface area contributed by atoms with E-state index in [0.717, 1.165) is 12.8 Å². The van der Waals surface area contributed by atoms with Gasteiger partial charge in [-0.1, -0.05) is 29.9 Å². The average Bonchev–Trinajstić information content (AvgIpc) is 2.58. The molecule has 0 aromatic carbocycles. The van der Waals surface area contributed by atoms with Gasteiger partial charge in [-0.3, -0.25) is 0 Å². The Labute approximate surface area is 90.8 Å². The molecule has 1 heteroatoms. The molecule has 0 amide bonds. The monoisotopic (exact) mass is 200 g/mol. The van der Waals surface area contributed by atoms with Crippen LogP contribution in [0, 0.1) is 5.92 Å². The average molecular weight is 200 g/mol. The number of allylic oxidation sites excluding steroid dienone is 5. The molecule has 1 nitrogen and oxygen atoms in total. The van der Waals surface area contributed by atoms with Gasteiger partial charge in [0.25, 0.3) is 0 Å². The van der Waals surface area contributed by atoms with Crippen LogP contribution in [0.15, 0.2) is 46.8 Å². The normalized spacial score (nSPS) is 32.9. The van der Waals surface area contributed by atoms with E-state index in [9.17, 15) is 0 Å². The quantitative estimate of drug-likeness (QED) is 0.581. The van der Waals surface area contributed by atoms with Crippen LogP contribution in [0.4, 0.5) is 0 Å². The maximum Gasteiger partial charge on any atom is 0.130 e. The zero-order valence-corrected chi connectivity index (χ0v) is 9.29. The van der Waals surface area contributed by atoms with Gasteiger partial charge >= 0.3 is 0 Å². The molecule has 0 aromatic heterocycles. The van der Waals surface area contributed by atoms with Gasteiger partial charge in [0, 0.05) is 17.9 Å². The first-order chi connectivity index (χ1) is 7.25. The van der Waals surface area contributed by atoms with Crippen molar-refractivity contribution in [3.63, 3.8) is 0 Å². The van der Waals surface area contributed by atoms with E-state index in [1.165, 1.54) is 22.5 Å². The van der Waals surface area contributed by atoms with Gasteiger partial charge in [0.15, 0.2) is 0 Å². The van der Waals surface area contributed by atoms with Crippen LogP contribution in [0.5, 0.6) is 0 Å². The van der Waals surface area contributed by atoms with Crippen LogP contribution in [-0.4, -0.2) is 6.10 Å². The number of hydrogen-bond donors (Lipinski definition) is 0. The number of hydrogen-bond acceptors (Lipinski definition) is 1. The zero-order valence-electron chi connectivity index (χ0n) is 9.29. The largest absolute Gasteiger partial charge is 0.489 e. The molecule has 1 heterocycles. The lowest BCUT2D eigenvalue weighted by atomic mass is 9.84. The molecule has 0 fully saturated rings. The van der Waals surface area contributed by atoms with E-state index in [1.807, 2.05) is 0 Å². The van der Waals surface area contributed by atoms with Crippen LogP contribution >= 0.6 is 0 Å². The second kappa shape index (κ2) is 3.13. The van der Waals surface area contributed by atoms with Crippen LogP contribution in [0.1, 0.15) is 26.7 Å². The smallest absolute Gasteiger partial charge is 0.130 e. The van der Waals surface area contributed by atoms with Crippen molar-refractivity contribution in [1.82, 2.24) is 0 Å². The Hall–Kier alpha value is -1.24. The Bertz CT molecular complexity index is 421. The molecule has 0 bridgehead atoms. The maximum absolute atomic E-state index is 6.05. The molecule has 78 valence electrons. The first kappa shape index (κ1) is 9.02. The van der Waals surface area contributed by atoms with Crippen LogP contribution in [0.3, 0.4) is 0 Å². The lowest BCUT2D eigenvalue weighted by molar-refractivity contribution is 0.147. The summed E-state index contributed by atoms with van der Waals surface area (Å²) in [4.78, 5) is 0. The van der Waals surface area contributed by atoms with E-state index < -0.39 is 0 Å². The first-order valence-electron chi connectivity index (χ1n) is 5.67. The molecule has 1 aliphatic heterocycles. The number of rotatable bonds is 0. The lowest BCUT2D eigenvalue weighted by Crippen LogP contribution is -2.20. The molecular weight excluding hydrogens is 184 g/mol. The van der Waals surface area contributed by atoms with E-state index in [0.29, 0.717) is 5.92 Å². The van der Waals surface area contributed by atoms with Crippen LogP contribution in [-0.2, 0) is 4.74 Å². The highest BCUT2D eigenvalue weighted by Gasteiger charge is 2.36. The van der Waals surface area contributed by atoms with Gasteiger partial charge in [0.05, 0.1) is 0 Å². The van der Waals surface area contributed by atoms with Gasteiger partial charge in [0.1, 0.15) is 11.9 Å². The minimum absolute atomic E-state index is 0.280. The predicted octanol–water partition coefficient (Wildman–Crippen LogP) is 3.51. The van der Waals surface area contributed by atoms with E-state index in [1.54, 1.807) is 0 Å². The van der Waals surface area contributed by atoms with E-state index in [-0.39, 0.29) is 6.10 Å². The van der Waals surface area contributed by atoms with Gasteiger partial charge in [0.2, 0.25) is 0 Å². The fraction of sp³-hybridized carbons (Fsp3) is 0.429. The summed E-state index contributed by atoms with van der Waals surface area (Å²) in [6.07, 6.45) is 11.4. The third-order valence-corrected chi connectivity index (χ3v) is 3.55. The van der Waals surface area contributed by atoms with E-state index >= 15 is 0 Å². The molecule has 2 atom stereocenters. The molecule has 0 saturated carbocycles. The van der Waals surface area contributed by atoms with Crippen molar-refractivity contribution in [2.75, 3.05) is 0 Å². The van der Waals surface area contributed by atoms with Gasteiger partial charge in [-0.2, -0.15) is 0 Å². The van der Waals surface area contributed by atoms with Gasteiger partial charge < -0.3 is 4.74 Å². The van der Waals surface area contributed by atoms with Crippen molar-refractivity contribution in [1.29, 1.82) is 0 Å². The predicted molar refractivity (Wildman–Crippen MR) is 61.3 cm³/mol. The third-order valence-electron chi connectivity index (χ3n) is 3.55. The van der Waals surface area contributed by atoms with Crippen molar-refractivity contribution in [3.8, 4) is 0 Å². The molecular formula is C14H16O. The number of ether oxygens (including phenoxy) is 1. The summed E-state index contributed by atoms with van der Waals surface area (Å²) in [7, 11) is 0. The topological polar surface area (TPSA) is 9.23 Å². The summed E-state index contributed by atoms with van der Waals surface area (Å²) in [5.74, 6) is 1.70. The van der Waals surface area contributed by atoms with Crippen molar-refractivity contribution in [2.45, 2.75) is 32.8 Å². The Morgan fingerprint density at radius 3 is 3.00 bits per heavy atom. The molecule has 0 N–H and O–H groups in total. The Morgan fingerprint density at radius 2 is 2.13 bits per heavy atom. The van der Waals surface area contributed by atoms with Crippen molar-refractivity contribution >= 4 is 0 Å².